The van der Waals surface area contributed by atoms with Crippen molar-refractivity contribution in [3.05, 3.63) is 59.7 Å². The Hall–Kier alpha value is -2.76. The van der Waals surface area contributed by atoms with Crippen LogP contribution in [0.2, 0.25) is 0 Å². The van der Waals surface area contributed by atoms with E-state index < -0.39 is 5.97 Å². The molecule has 0 unspecified atom stereocenters. The van der Waals surface area contributed by atoms with Gasteiger partial charge >= 0.3 is 5.97 Å². The summed E-state index contributed by atoms with van der Waals surface area (Å²) in [5.74, 6) is -1.31. The number of likely N-dealkylation sites (N-methyl/N-ethyl adjacent to an activating group) is 1. The van der Waals surface area contributed by atoms with Crippen LogP contribution < -0.4 is 0 Å². The van der Waals surface area contributed by atoms with Crippen molar-refractivity contribution in [3.63, 3.8) is 0 Å². The molecule has 0 aromatic carbocycles. The predicted molar refractivity (Wildman–Crippen MR) is 76.1 cm³/mol. The van der Waals surface area contributed by atoms with Crippen molar-refractivity contribution in [2.75, 3.05) is 13.6 Å². The lowest BCUT2D eigenvalue weighted by Crippen LogP contribution is -2.29. The third-order valence-corrected chi connectivity index (χ3v) is 3.01. The van der Waals surface area contributed by atoms with E-state index in [0.717, 1.165) is 5.69 Å². The van der Waals surface area contributed by atoms with Crippen LogP contribution in [0.1, 0.15) is 26.5 Å². The van der Waals surface area contributed by atoms with Crippen LogP contribution >= 0.6 is 0 Å². The fraction of sp³-hybridized carbons (Fsp3) is 0.200. The van der Waals surface area contributed by atoms with Gasteiger partial charge in [-0.1, -0.05) is 6.07 Å². The van der Waals surface area contributed by atoms with E-state index in [2.05, 4.69) is 9.97 Å². The topological polar surface area (TPSA) is 83.4 Å². The summed E-state index contributed by atoms with van der Waals surface area (Å²) in [6.07, 6.45) is 3.65. The standard InChI is InChI=1S/C15H15N3O3/c1-18(9-7-12-4-2-3-8-16-12)14(19)11-5-6-13(15(20)21)17-10-11/h2-6,8,10H,7,9H2,1H3,(H,20,21). The second kappa shape index (κ2) is 6.60. The summed E-state index contributed by atoms with van der Waals surface area (Å²) in [6, 6.07) is 8.44. The normalized spacial score (nSPS) is 10.1. The number of carbonyl (C=O) groups is 2. The molecule has 2 aromatic heterocycles. The molecule has 1 N–H and O–H groups in total. The van der Waals surface area contributed by atoms with Gasteiger partial charge in [-0.15, -0.1) is 0 Å². The number of rotatable bonds is 5. The molecule has 0 spiro atoms. The maximum atomic E-state index is 12.2. The molecule has 21 heavy (non-hydrogen) atoms. The minimum atomic E-state index is -1.11. The van der Waals surface area contributed by atoms with Crippen LogP contribution in [0.15, 0.2) is 42.7 Å². The average molecular weight is 285 g/mol. The van der Waals surface area contributed by atoms with Gasteiger partial charge in [-0.2, -0.15) is 0 Å². The van der Waals surface area contributed by atoms with Gasteiger partial charge in [0, 0.05) is 38.1 Å². The molecule has 108 valence electrons. The SMILES string of the molecule is CN(CCc1ccccn1)C(=O)c1ccc(C(=O)O)nc1. The first-order valence-corrected chi connectivity index (χ1v) is 6.42. The number of carboxylic acids is 1. The van der Waals surface area contributed by atoms with Crippen molar-refractivity contribution in [2.45, 2.75) is 6.42 Å². The van der Waals surface area contributed by atoms with Crippen molar-refractivity contribution < 1.29 is 14.7 Å². The molecule has 1 amide bonds. The van der Waals surface area contributed by atoms with Gasteiger partial charge in [0.15, 0.2) is 0 Å². The molecule has 2 aromatic rings. The Morgan fingerprint density at radius 3 is 2.57 bits per heavy atom. The third kappa shape index (κ3) is 3.85. The van der Waals surface area contributed by atoms with Crippen molar-refractivity contribution >= 4 is 11.9 Å². The smallest absolute Gasteiger partial charge is 0.354 e. The third-order valence-electron chi connectivity index (χ3n) is 3.01. The Balaban J connectivity index is 1.97. The highest BCUT2D eigenvalue weighted by atomic mass is 16.4. The summed E-state index contributed by atoms with van der Waals surface area (Å²) in [6.45, 7) is 0.524. The van der Waals surface area contributed by atoms with Crippen molar-refractivity contribution in [2.24, 2.45) is 0 Å². The van der Waals surface area contributed by atoms with Crippen molar-refractivity contribution in [1.29, 1.82) is 0 Å². The molecular formula is C15H15N3O3. The Bertz CT molecular complexity index is 626. The summed E-state index contributed by atoms with van der Waals surface area (Å²) in [4.78, 5) is 32.4. The molecule has 0 fully saturated rings. The van der Waals surface area contributed by atoms with Gasteiger partial charge < -0.3 is 10.0 Å². The van der Waals surface area contributed by atoms with E-state index in [4.69, 9.17) is 5.11 Å². The first-order valence-electron chi connectivity index (χ1n) is 6.42. The zero-order valence-electron chi connectivity index (χ0n) is 11.6. The summed E-state index contributed by atoms with van der Waals surface area (Å²) in [5, 5.41) is 8.77. The second-order valence-corrected chi connectivity index (χ2v) is 4.54. The Morgan fingerprint density at radius 2 is 2.00 bits per heavy atom. The van der Waals surface area contributed by atoms with Gasteiger partial charge in [0.05, 0.1) is 5.56 Å². The highest BCUT2D eigenvalue weighted by Crippen LogP contribution is 2.05. The number of pyridine rings is 2. The van der Waals surface area contributed by atoms with E-state index >= 15 is 0 Å². The molecule has 6 heteroatoms. The lowest BCUT2D eigenvalue weighted by Gasteiger charge is -2.16. The molecule has 0 saturated heterocycles. The van der Waals surface area contributed by atoms with Gasteiger partial charge in [0.2, 0.25) is 0 Å². The van der Waals surface area contributed by atoms with Crippen LogP contribution in [0.3, 0.4) is 0 Å². The van der Waals surface area contributed by atoms with Gasteiger partial charge in [-0.3, -0.25) is 9.78 Å². The number of amides is 1. The van der Waals surface area contributed by atoms with Gasteiger partial charge in [0.1, 0.15) is 5.69 Å². The molecule has 0 saturated carbocycles. The summed E-state index contributed by atoms with van der Waals surface area (Å²) in [7, 11) is 1.69. The van der Waals surface area contributed by atoms with Crippen LogP contribution in [0.4, 0.5) is 0 Å². The number of aromatic carboxylic acids is 1. The largest absolute Gasteiger partial charge is 0.477 e. The van der Waals surface area contributed by atoms with E-state index in [1.165, 1.54) is 18.3 Å². The summed E-state index contributed by atoms with van der Waals surface area (Å²) < 4.78 is 0. The van der Waals surface area contributed by atoms with Gasteiger partial charge in [0.25, 0.3) is 5.91 Å². The molecule has 0 aliphatic carbocycles. The second-order valence-electron chi connectivity index (χ2n) is 4.54. The van der Waals surface area contributed by atoms with E-state index in [1.807, 2.05) is 18.2 Å². The number of carboxylic acid groups (broad SMARTS) is 1. The fourth-order valence-corrected chi connectivity index (χ4v) is 1.80. The van der Waals surface area contributed by atoms with Gasteiger partial charge in [-0.05, 0) is 24.3 Å². The monoisotopic (exact) mass is 285 g/mol. The van der Waals surface area contributed by atoms with Crippen LogP contribution in [0.5, 0.6) is 0 Å². The first kappa shape index (κ1) is 14.6. The number of hydrogen-bond acceptors (Lipinski definition) is 4. The molecule has 0 aliphatic heterocycles. The zero-order valence-corrected chi connectivity index (χ0v) is 11.6. The first-order chi connectivity index (χ1) is 10.1. The lowest BCUT2D eigenvalue weighted by molar-refractivity contribution is 0.0688. The molecule has 6 nitrogen and oxygen atoms in total. The summed E-state index contributed by atoms with van der Waals surface area (Å²) >= 11 is 0. The minimum Gasteiger partial charge on any atom is -0.477 e. The zero-order chi connectivity index (χ0) is 15.2. The quantitative estimate of drug-likeness (QED) is 0.899. The Morgan fingerprint density at radius 1 is 1.19 bits per heavy atom. The van der Waals surface area contributed by atoms with E-state index in [1.54, 1.807) is 18.1 Å². The van der Waals surface area contributed by atoms with E-state index in [0.29, 0.717) is 18.5 Å². The molecule has 2 rings (SSSR count). The highest BCUT2D eigenvalue weighted by molar-refractivity contribution is 5.94. The average Bonchev–Trinajstić information content (AvgIpc) is 2.53. The molecule has 2 heterocycles. The van der Waals surface area contributed by atoms with Crippen LogP contribution in [-0.4, -0.2) is 45.4 Å². The molecule has 0 aliphatic rings. The number of hydrogen-bond donors (Lipinski definition) is 1. The summed E-state index contributed by atoms with van der Waals surface area (Å²) in [5.41, 5.74) is 1.20. The van der Waals surface area contributed by atoms with Crippen molar-refractivity contribution in [1.82, 2.24) is 14.9 Å². The maximum absolute atomic E-state index is 12.2. The number of carbonyl (C=O) groups excluding carboxylic acids is 1. The number of nitrogens with zero attached hydrogens (tertiary/aromatic N) is 3. The van der Waals surface area contributed by atoms with Gasteiger partial charge in [-0.25, -0.2) is 9.78 Å². The Kier molecular flexibility index (Phi) is 4.61. The molecule has 0 bridgehead atoms. The minimum absolute atomic E-state index is 0.0808. The molecule has 0 atom stereocenters. The maximum Gasteiger partial charge on any atom is 0.354 e. The van der Waals surface area contributed by atoms with E-state index in [-0.39, 0.29) is 11.6 Å². The van der Waals surface area contributed by atoms with Crippen LogP contribution in [0.25, 0.3) is 0 Å². The number of aromatic nitrogens is 2. The van der Waals surface area contributed by atoms with Crippen LogP contribution in [-0.2, 0) is 6.42 Å². The molecule has 0 radical (unpaired) electrons. The Labute approximate surface area is 122 Å². The predicted octanol–water partition coefficient (Wildman–Crippen LogP) is 1.49. The molecular weight excluding hydrogens is 270 g/mol. The lowest BCUT2D eigenvalue weighted by atomic mass is 10.2. The van der Waals surface area contributed by atoms with E-state index in [9.17, 15) is 9.59 Å². The fourth-order valence-electron chi connectivity index (χ4n) is 1.80. The highest BCUT2D eigenvalue weighted by Gasteiger charge is 2.13. The van der Waals surface area contributed by atoms with Crippen LogP contribution in [0, 0.1) is 0 Å². The van der Waals surface area contributed by atoms with Crippen molar-refractivity contribution in [3.8, 4) is 0 Å².